The topological polar surface area (TPSA) is 61.8 Å². The van der Waals surface area contributed by atoms with Gasteiger partial charge in [-0.25, -0.2) is 4.79 Å². The van der Waals surface area contributed by atoms with Crippen LogP contribution in [0.15, 0.2) is 0 Å². The summed E-state index contributed by atoms with van der Waals surface area (Å²) in [4.78, 5) is 22.9. The van der Waals surface area contributed by atoms with Crippen molar-refractivity contribution < 1.29 is 23.8 Å². The van der Waals surface area contributed by atoms with Gasteiger partial charge in [0.1, 0.15) is 0 Å². The summed E-state index contributed by atoms with van der Waals surface area (Å²) in [5, 5.41) is 0. The molecular formula is C12H22O5. The Labute approximate surface area is 102 Å². The standard InChI is InChI=1S/C12H22O5/c1-6-15-10(13)8-9(11(14)16-7-2)17-12(3,4)5/h9H,6-8H2,1-5H3/t9-/m0/s1. The summed E-state index contributed by atoms with van der Waals surface area (Å²) in [6.45, 7) is 9.38. The van der Waals surface area contributed by atoms with E-state index >= 15 is 0 Å². The maximum Gasteiger partial charge on any atom is 0.335 e. The monoisotopic (exact) mass is 246 g/mol. The second-order valence-electron chi connectivity index (χ2n) is 4.48. The van der Waals surface area contributed by atoms with Crippen LogP contribution in [0.3, 0.4) is 0 Å². The Morgan fingerprint density at radius 2 is 1.59 bits per heavy atom. The maximum atomic E-state index is 11.6. The molecule has 0 rings (SSSR count). The van der Waals surface area contributed by atoms with Crippen LogP contribution in [0.5, 0.6) is 0 Å². The number of ether oxygens (including phenoxy) is 3. The Bertz CT molecular complexity index is 254. The molecular weight excluding hydrogens is 224 g/mol. The molecule has 0 saturated heterocycles. The molecule has 0 aromatic heterocycles. The third-order valence-corrected chi connectivity index (χ3v) is 1.70. The van der Waals surface area contributed by atoms with Gasteiger partial charge in [-0.2, -0.15) is 0 Å². The molecule has 0 aliphatic carbocycles. The van der Waals surface area contributed by atoms with Crippen molar-refractivity contribution in [3.05, 3.63) is 0 Å². The van der Waals surface area contributed by atoms with E-state index < -0.39 is 23.6 Å². The van der Waals surface area contributed by atoms with Gasteiger partial charge in [0.25, 0.3) is 0 Å². The zero-order valence-corrected chi connectivity index (χ0v) is 11.2. The lowest BCUT2D eigenvalue weighted by molar-refractivity contribution is -0.172. The molecule has 17 heavy (non-hydrogen) atoms. The second kappa shape index (κ2) is 7.27. The van der Waals surface area contributed by atoms with E-state index in [1.807, 2.05) is 20.8 Å². The van der Waals surface area contributed by atoms with Gasteiger partial charge in [0.05, 0.1) is 25.2 Å². The van der Waals surface area contributed by atoms with Crippen molar-refractivity contribution in [2.75, 3.05) is 13.2 Å². The maximum absolute atomic E-state index is 11.6. The average molecular weight is 246 g/mol. The third-order valence-electron chi connectivity index (χ3n) is 1.70. The molecule has 5 heteroatoms. The molecule has 0 spiro atoms. The number of carbonyl (C=O) groups excluding carboxylic acids is 2. The number of rotatable bonds is 6. The van der Waals surface area contributed by atoms with Crippen LogP contribution in [0.25, 0.3) is 0 Å². The Morgan fingerprint density at radius 1 is 1.06 bits per heavy atom. The van der Waals surface area contributed by atoms with Crippen LogP contribution in [-0.4, -0.2) is 36.9 Å². The van der Waals surface area contributed by atoms with Gasteiger partial charge in [0.15, 0.2) is 6.10 Å². The van der Waals surface area contributed by atoms with Gasteiger partial charge in [0.2, 0.25) is 0 Å². The minimum Gasteiger partial charge on any atom is -0.466 e. The number of carbonyl (C=O) groups is 2. The molecule has 1 atom stereocenters. The quantitative estimate of drug-likeness (QED) is 0.667. The van der Waals surface area contributed by atoms with Gasteiger partial charge < -0.3 is 14.2 Å². The molecule has 0 heterocycles. The predicted molar refractivity (Wildman–Crippen MR) is 62.5 cm³/mol. The van der Waals surface area contributed by atoms with Crippen molar-refractivity contribution in [3.63, 3.8) is 0 Å². The number of hydrogen-bond donors (Lipinski definition) is 0. The summed E-state index contributed by atoms with van der Waals surface area (Å²) in [7, 11) is 0. The number of hydrogen-bond acceptors (Lipinski definition) is 5. The zero-order valence-electron chi connectivity index (χ0n) is 11.2. The van der Waals surface area contributed by atoms with Gasteiger partial charge in [0, 0.05) is 0 Å². The van der Waals surface area contributed by atoms with Gasteiger partial charge in [-0.1, -0.05) is 0 Å². The van der Waals surface area contributed by atoms with Crippen LogP contribution < -0.4 is 0 Å². The van der Waals surface area contributed by atoms with Crippen molar-refractivity contribution >= 4 is 11.9 Å². The summed E-state index contributed by atoms with van der Waals surface area (Å²) in [6, 6.07) is 0. The summed E-state index contributed by atoms with van der Waals surface area (Å²) in [5.41, 5.74) is -0.524. The Kier molecular flexibility index (Phi) is 6.80. The van der Waals surface area contributed by atoms with Crippen LogP contribution in [0.4, 0.5) is 0 Å². The van der Waals surface area contributed by atoms with Crippen LogP contribution in [0, 0.1) is 0 Å². The Morgan fingerprint density at radius 3 is 2.00 bits per heavy atom. The van der Waals surface area contributed by atoms with E-state index in [4.69, 9.17) is 14.2 Å². The van der Waals surface area contributed by atoms with E-state index in [-0.39, 0.29) is 19.6 Å². The predicted octanol–water partition coefficient (Wildman–Crippen LogP) is 1.69. The minimum atomic E-state index is -0.908. The zero-order chi connectivity index (χ0) is 13.5. The van der Waals surface area contributed by atoms with Gasteiger partial charge >= 0.3 is 11.9 Å². The molecule has 0 saturated carbocycles. The lowest BCUT2D eigenvalue weighted by atomic mass is 10.1. The van der Waals surface area contributed by atoms with Crippen molar-refractivity contribution in [2.45, 2.75) is 52.7 Å². The lowest BCUT2D eigenvalue weighted by Crippen LogP contribution is -2.36. The molecule has 0 bridgehead atoms. The number of esters is 2. The second-order valence-corrected chi connectivity index (χ2v) is 4.48. The molecule has 0 unspecified atom stereocenters. The smallest absolute Gasteiger partial charge is 0.335 e. The van der Waals surface area contributed by atoms with Gasteiger partial charge in [-0.3, -0.25) is 4.79 Å². The fraction of sp³-hybridized carbons (Fsp3) is 0.833. The van der Waals surface area contributed by atoms with E-state index in [0.717, 1.165) is 0 Å². The molecule has 0 fully saturated rings. The normalized spacial score (nSPS) is 13.0. The van der Waals surface area contributed by atoms with Crippen molar-refractivity contribution in [1.82, 2.24) is 0 Å². The minimum absolute atomic E-state index is 0.121. The summed E-state index contributed by atoms with van der Waals surface area (Å²) in [6.07, 6.45) is -1.03. The fourth-order valence-corrected chi connectivity index (χ4v) is 1.21. The van der Waals surface area contributed by atoms with E-state index in [9.17, 15) is 9.59 Å². The molecule has 0 radical (unpaired) electrons. The highest BCUT2D eigenvalue weighted by atomic mass is 16.6. The van der Waals surface area contributed by atoms with Crippen molar-refractivity contribution in [3.8, 4) is 0 Å². The Balaban J connectivity index is 4.50. The first kappa shape index (κ1) is 15.9. The van der Waals surface area contributed by atoms with E-state index in [1.54, 1.807) is 13.8 Å². The molecule has 100 valence electrons. The highest BCUT2D eigenvalue weighted by Crippen LogP contribution is 2.15. The highest BCUT2D eigenvalue weighted by Gasteiger charge is 2.29. The van der Waals surface area contributed by atoms with Gasteiger partial charge in [-0.15, -0.1) is 0 Å². The fourth-order valence-electron chi connectivity index (χ4n) is 1.21. The first-order valence-corrected chi connectivity index (χ1v) is 5.80. The lowest BCUT2D eigenvalue weighted by Gasteiger charge is -2.25. The highest BCUT2D eigenvalue weighted by molar-refractivity contribution is 5.81. The molecule has 0 aliphatic rings. The summed E-state index contributed by atoms with van der Waals surface area (Å²) in [5.74, 6) is -0.995. The molecule has 0 aromatic rings. The molecule has 5 nitrogen and oxygen atoms in total. The molecule has 0 aliphatic heterocycles. The van der Waals surface area contributed by atoms with Crippen LogP contribution in [-0.2, 0) is 23.8 Å². The SMILES string of the molecule is CCOC(=O)C[C@H](OC(C)(C)C)C(=O)OCC. The van der Waals surface area contributed by atoms with Crippen LogP contribution >= 0.6 is 0 Å². The van der Waals surface area contributed by atoms with Crippen molar-refractivity contribution in [2.24, 2.45) is 0 Å². The largest absolute Gasteiger partial charge is 0.466 e. The summed E-state index contributed by atoms with van der Waals surface area (Å²) >= 11 is 0. The molecule has 0 aromatic carbocycles. The third kappa shape index (κ3) is 7.74. The van der Waals surface area contributed by atoms with Crippen LogP contribution in [0.2, 0.25) is 0 Å². The van der Waals surface area contributed by atoms with E-state index in [1.165, 1.54) is 0 Å². The van der Waals surface area contributed by atoms with Crippen molar-refractivity contribution in [1.29, 1.82) is 0 Å². The first-order valence-electron chi connectivity index (χ1n) is 5.80. The first-order chi connectivity index (χ1) is 7.80. The molecule has 0 N–H and O–H groups in total. The van der Waals surface area contributed by atoms with E-state index in [0.29, 0.717) is 0 Å². The Hall–Kier alpha value is -1.10. The van der Waals surface area contributed by atoms with E-state index in [2.05, 4.69) is 0 Å². The van der Waals surface area contributed by atoms with Gasteiger partial charge in [-0.05, 0) is 34.6 Å². The summed E-state index contributed by atoms with van der Waals surface area (Å²) < 4.78 is 15.1. The molecule has 0 amide bonds. The average Bonchev–Trinajstić information content (AvgIpc) is 2.15. The van der Waals surface area contributed by atoms with Crippen LogP contribution in [0.1, 0.15) is 41.0 Å².